The molecule has 0 aliphatic carbocycles. The Bertz CT molecular complexity index is 1610. The highest BCUT2D eigenvalue weighted by Crippen LogP contribution is 2.38. The number of carbonyl (C=O) groups is 2. The first-order valence-electron chi connectivity index (χ1n) is 14.3. The van der Waals surface area contributed by atoms with E-state index in [2.05, 4.69) is 51.7 Å². The molecule has 2 amide bonds. The highest BCUT2D eigenvalue weighted by molar-refractivity contribution is 6.37. The molecule has 0 unspecified atom stereocenters. The lowest BCUT2D eigenvalue weighted by Gasteiger charge is -2.32. The van der Waals surface area contributed by atoms with Crippen LogP contribution in [-0.4, -0.2) is 61.9 Å². The number of piperazine rings is 1. The largest absolute Gasteiger partial charge is 0.354 e. The fourth-order valence-electron chi connectivity index (χ4n) is 5.50. The number of likely N-dealkylation sites (N-methyl/N-ethyl adjacent to an activating group) is 1. The Hall–Kier alpha value is -4.72. The zero-order chi connectivity index (χ0) is 29.1. The molecule has 6 rings (SSSR count). The van der Waals surface area contributed by atoms with Gasteiger partial charge in [-0.05, 0) is 60.6 Å². The van der Waals surface area contributed by atoms with Gasteiger partial charge in [0.2, 0.25) is 0 Å². The molecule has 0 atom stereocenters. The molecule has 212 valence electrons. The van der Waals surface area contributed by atoms with Gasteiger partial charge in [-0.1, -0.05) is 60.7 Å². The van der Waals surface area contributed by atoms with Crippen LogP contribution in [0.25, 0.3) is 11.3 Å². The summed E-state index contributed by atoms with van der Waals surface area (Å²) in [7, 11) is 3.93. The average Bonchev–Trinajstić information content (AvgIpc) is 3.36. The van der Waals surface area contributed by atoms with Crippen LogP contribution in [0.5, 0.6) is 0 Å². The summed E-state index contributed by atoms with van der Waals surface area (Å²) in [4.78, 5) is 33.4. The lowest BCUT2D eigenvalue weighted by atomic mass is 9.98. The van der Waals surface area contributed by atoms with Crippen LogP contribution >= 0.6 is 0 Å². The van der Waals surface area contributed by atoms with Gasteiger partial charge in [0.05, 0.1) is 11.3 Å². The summed E-state index contributed by atoms with van der Waals surface area (Å²) in [5, 5.41) is 6.54. The highest BCUT2D eigenvalue weighted by Gasteiger charge is 2.30. The minimum atomic E-state index is -0.205. The summed E-state index contributed by atoms with van der Waals surface area (Å²) < 4.78 is 0. The number of amides is 2. The molecule has 2 N–H and O–H groups in total. The molecule has 0 aromatic heterocycles. The zero-order valence-corrected chi connectivity index (χ0v) is 24.0. The monoisotopic (exact) mass is 557 g/mol. The summed E-state index contributed by atoms with van der Waals surface area (Å²) in [5.74, 6) is -0.350. The quantitative estimate of drug-likeness (QED) is 0.288. The van der Waals surface area contributed by atoms with Gasteiger partial charge in [-0.25, -0.2) is 0 Å². The second-order valence-corrected chi connectivity index (χ2v) is 10.9. The number of rotatable bonds is 7. The minimum Gasteiger partial charge on any atom is -0.354 e. The van der Waals surface area contributed by atoms with Crippen molar-refractivity contribution in [1.82, 2.24) is 9.80 Å². The predicted octanol–water partition coefficient (Wildman–Crippen LogP) is 5.64. The van der Waals surface area contributed by atoms with Crippen LogP contribution in [0.15, 0.2) is 103 Å². The van der Waals surface area contributed by atoms with Crippen LogP contribution in [0.4, 0.5) is 17.1 Å². The molecule has 2 aliphatic rings. The van der Waals surface area contributed by atoms with Gasteiger partial charge in [0.15, 0.2) is 0 Å². The first-order valence-corrected chi connectivity index (χ1v) is 14.3. The number of benzene rings is 4. The summed E-state index contributed by atoms with van der Waals surface area (Å²) in [5.41, 5.74) is 6.93. The molecular weight excluding hydrogens is 522 g/mol. The van der Waals surface area contributed by atoms with Crippen molar-refractivity contribution in [3.8, 4) is 0 Å². The van der Waals surface area contributed by atoms with E-state index in [0.717, 1.165) is 49.7 Å². The Morgan fingerprint density at radius 3 is 2.19 bits per heavy atom. The van der Waals surface area contributed by atoms with Crippen molar-refractivity contribution >= 4 is 40.1 Å². The number of para-hydroxylation sites is 1. The van der Waals surface area contributed by atoms with Gasteiger partial charge < -0.3 is 20.4 Å². The van der Waals surface area contributed by atoms with Crippen molar-refractivity contribution in [3.05, 3.63) is 125 Å². The molecule has 4 aromatic rings. The number of carbonyl (C=O) groups excluding carboxylic acids is 2. The third-order valence-electron chi connectivity index (χ3n) is 8.00. The molecule has 1 fully saturated rings. The van der Waals surface area contributed by atoms with Crippen LogP contribution in [0, 0.1) is 0 Å². The molecule has 1 saturated heterocycles. The fourth-order valence-corrected chi connectivity index (χ4v) is 5.50. The molecule has 0 saturated carbocycles. The van der Waals surface area contributed by atoms with Crippen molar-refractivity contribution in [2.75, 3.05) is 55.8 Å². The van der Waals surface area contributed by atoms with E-state index in [1.807, 2.05) is 72.8 Å². The van der Waals surface area contributed by atoms with Gasteiger partial charge in [0.25, 0.3) is 11.8 Å². The second kappa shape index (κ2) is 12.0. The Balaban J connectivity index is 1.32. The highest BCUT2D eigenvalue weighted by atomic mass is 16.2. The summed E-state index contributed by atoms with van der Waals surface area (Å²) >= 11 is 0. The number of anilines is 3. The Kier molecular flexibility index (Phi) is 7.86. The van der Waals surface area contributed by atoms with Crippen LogP contribution in [0.2, 0.25) is 0 Å². The molecule has 0 radical (unpaired) electrons. The van der Waals surface area contributed by atoms with E-state index >= 15 is 0 Å². The predicted molar refractivity (Wildman–Crippen MR) is 170 cm³/mol. The summed E-state index contributed by atoms with van der Waals surface area (Å²) in [6, 6.07) is 33.2. The van der Waals surface area contributed by atoms with Crippen LogP contribution in [0.1, 0.15) is 27.0 Å². The van der Waals surface area contributed by atoms with Crippen molar-refractivity contribution in [2.45, 2.75) is 6.54 Å². The number of fused-ring (bicyclic) bond motifs is 1. The van der Waals surface area contributed by atoms with Gasteiger partial charge in [0, 0.05) is 68.0 Å². The summed E-state index contributed by atoms with van der Waals surface area (Å²) in [6.07, 6.45) is 0. The van der Waals surface area contributed by atoms with Crippen molar-refractivity contribution in [3.63, 3.8) is 0 Å². The van der Waals surface area contributed by atoms with E-state index in [-0.39, 0.29) is 11.8 Å². The smallest absolute Gasteiger partial charge is 0.258 e. The number of hydrogen-bond acceptors (Lipinski definition) is 5. The van der Waals surface area contributed by atoms with Crippen molar-refractivity contribution < 1.29 is 9.59 Å². The zero-order valence-electron chi connectivity index (χ0n) is 24.0. The molecule has 0 spiro atoms. The third-order valence-corrected chi connectivity index (χ3v) is 8.00. The number of nitrogens with zero attached hydrogens (tertiary/aromatic N) is 3. The molecule has 7 heteroatoms. The maximum atomic E-state index is 13.5. The second-order valence-electron chi connectivity index (χ2n) is 10.9. The topological polar surface area (TPSA) is 67.9 Å². The fraction of sp³-hybridized carbons (Fsp3) is 0.200. The molecule has 42 heavy (non-hydrogen) atoms. The molecule has 0 bridgehead atoms. The Labute approximate surface area is 247 Å². The maximum absolute atomic E-state index is 13.5. The normalized spacial score (nSPS) is 16.5. The average molecular weight is 558 g/mol. The standard InChI is InChI=1S/C35H35N5O2/c1-38-19-21-40(22-20-38)24-25-13-16-28(17-14-25)36-33(26-9-5-3-6-10-26)32-30-23-27(15-18-31(30)37-34(32)41)35(42)39(2)29-11-7-4-8-12-29/h3-18,23,36H,19-22,24H2,1-2H3,(H,37,41). The molecular formula is C35H35N5O2. The summed E-state index contributed by atoms with van der Waals surface area (Å²) in [6.45, 7) is 5.24. The van der Waals surface area contributed by atoms with Gasteiger partial charge >= 0.3 is 0 Å². The Morgan fingerprint density at radius 2 is 1.50 bits per heavy atom. The van der Waals surface area contributed by atoms with E-state index in [9.17, 15) is 9.59 Å². The van der Waals surface area contributed by atoms with Crippen molar-refractivity contribution in [1.29, 1.82) is 0 Å². The minimum absolute atomic E-state index is 0.146. The van der Waals surface area contributed by atoms with E-state index in [1.54, 1.807) is 18.0 Å². The lowest BCUT2D eigenvalue weighted by Crippen LogP contribution is -2.43. The number of nitrogens with one attached hydrogen (secondary N) is 2. The Morgan fingerprint density at radius 1 is 0.833 bits per heavy atom. The van der Waals surface area contributed by atoms with Crippen LogP contribution in [-0.2, 0) is 11.3 Å². The van der Waals surface area contributed by atoms with E-state index in [0.29, 0.717) is 28.1 Å². The van der Waals surface area contributed by atoms with Gasteiger partial charge in [0.1, 0.15) is 0 Å². The van der Waals surface area contributed by atoms with E-state index in [1.165, 1.54) is 5.56 Å². The SMILES string of the molecule is CN1CCN(Cc2ccc(NC(=C3C(=O)Nc4ccc(C(=O)N(C)c5ccccc5)cc43)c3ccccc3)cc2)CC1. The number of hydrogen-bond donors (Lipinski definition) is 2. The van der Waals surface area contributed by atoms with Gasteiger partial charge in [-0.15, -0.1) is 0 Å². The molecule has 2 aliphatic heterocycles. The first-order chi connectivity index (χ1) is 20.5. The maximum Gasteiger partial charge on any atom is 0.258 e. The van der Waals surface area contributed by atoms with E-state index in [4.69, 9.17) is 0 Å². The molecule has 2 heterocycles. The van der Waals surface area contributed by atoms with Gasteiger partial charge in [-0.3, -0.25) is 14.5 Å². The van der Waals surface area contributed by atoms with Gasteiger partial charge in [-0.2, -0.15) is 0 Å². The van der Waals surface area contributed by atoms with Crippen LogP contribution in [0.3, 0.4) is 0 Å². The third kappa shape index (κ3) is 5.84. The first kappa shape index (κ1) is 27.4. The van der Waals surface area contributed by atoms with E-state index < -0.39 is 0 Å². The lowest BCUT2D eigenvalue weighted by molar-refractivity contribution is -0.110. The van der Waals surface area contributed by atoms with Crippen molar-refractivity contribution in [2.24, 2.45) is 0 Å². The molecule has 7 nitrogen and oxygen atoms in total. The van der Waals surface area contributed by atoms with Crippen LogP contribution < -0.4 is 15.5 Å². The molecule has 4 aromatic carbocycles.